The van der Waals surface area contributed by atoms with Gasteiger partial charge in [0, 0.05) is 23.0 Å². The second kappa shape index (κ2) is 7.99. The van der Waals surface area contributed by atoms with E-state index in [1.54, 1.807) is 36.8 Å². The fourth-order valence-corrected chi connectivity index (χ4v) is 2.57. The van der Waals surface area contributed by atoms with Crippen LogP contribution in [0.4, 0.5) is 0 Å². The minimum absolute atomic E-state index is 0.126. The van der Waals surface area contributed by atoms with E-state index in [-0.39, 0.29) is 11.8 Å². The van der Waals surface area contributed by atoms with E-state index in [0.717, 1.165) is 19.3 Å². The van der Waals surface area contributed by atoms with Crippen molar-refractivity contribution in [3.8, 4) is 0 Å². The van der Waals surface area contributed by atoms with Gasteiger partial charge in [0.15, 0.2) is 5.78 Å². The average Bonchev–Trinajstić information content (AvgIpc) is 3.01. The second-order valence-corrected chi connectivity index (χ2v) is 5.68. The molecule has 0 saturated carbocycles. The van der Waals surface area contributed by atoms with Gasteiger partial charge < -0.3 is 4.57 Å². The second-order valence-electron chi connectivity index (χ2n) is 5.25. The fraction of sp³-hybridized carbons (Fsp3) is 0.412. The zero-order valence-electron chi connectivity index (χ0n) is 12.3. The number of halogens is 1. The van der Waals surface area contributed by atoms with E-state index >= 15 is 0 Å². The number of rotatable bonds is 8. The Morgan fingerprint density at radius 3 is 2.62 bits per heavy atom. The van der Waals surface area contributed by atoms with E-state index < -0.39 is 0 Å². The molecule has 112 valence electrons. The monoisotopic (exact) mass is 304 g/mol. The van der Waals surface area contributed by atoms with Gasteiger partial charge in [0.1, 0.15) is 0 Å². The highest BCUT2D eigenvalue weighted by Gasteiger charge is 2.21. The molecule has 3 nitrogen and oxygen atoms in total. The number of carbonyl (C=O) groups excluding carboxylic acids is 1. The van der Waals surface area contributed by atoms with Crippen LogP contribution in [0.15, 0.2) is 43.0 Å². The molecule has 0 aliphatic rings. The zero-order valence-corrected chi connectivity index (χ0v) is 13.1. The molecule has 4 heteroatoms. The molecule has 0 saturated heterocycles. The van der Waals surface area contributed by atoms with Crippen molar-refractivity contribution in [2.45, 2.75) is 45.1 Å². The summed E-state index contributed by atoms with van der Waals surface area (Å²) in [5, 5.41) is 0.647. The summed E-state index contributed by atoms with van der Waals surface area (Å²) in [6, 6.07) is 6.93. The van der Waals surface area contributed by atoms with Crippen LogP contribution in [0.2, 0.25) is 5.02 Å². The zero-order chi connectivity index (χ0) is 15.1. The van der Waals surface area contributed by atoms with Gasteiger partial charge in [-0.1, -0.05) is 44.2 Å². The largest absolute Gasteiger partial charge is 0.327 e. The normalized spacial score (nSPS) is 12.3. The summed E-state index contributed by atoms with van der Waals surface area (Å²) in [6.07, 6.45) is 10.8. The Balaban J connectivity index is 2.11. The number of ketones is 1. The molecule has 1 aromatic heterocycles. The quantitative estimate of drug-likeness (QED) is 0.512. The van der Waals surface area contributed by atoms with Crippen LogP contribution >= 0.6 is 11.6 Å². The molecular formula is C17H21ClN2O. The molecule has 21 heavy (non-hydrogen) atoms. The summed E-state index contributed by atoms with van der Waals surface area (Å²) in [5.41, 5.74) is 0.702. The smallest absolute Gasteiger partial charge is 0.185 e. The van der Waals surface area contributed by atoms with Crippen LogP contribution in [0.3, 0.4) is 0 Å². The van der Waals surface area contributed by atoms with Crippen molar-refractivity contribution < 1.29 is 4.79 Å². The molecule has 1 atom stereocenters. The lowest BCUT2D eigenvalue weighted by Crippen LogP contribution is -2.18. The lowest BCUT2D eigenvalue weighted by atomic mass is 9.98. The number of hydrogen-bond acceptors (Lipinski definition) is 2. The van der Waals surface area contributed by atoms with Crippen molar-refractivity contribution in [2.75, 3.05) is 0 Å². The van der Waals surface area contributed by atoms with Gasteiger partial charge in [-0.05, 0) is 30.7 Å². The summed E-state index contributed by atoms with van der Waals surface area (Å²) in [4.78, 5) is 16.8. The minimum Gasteiger partial charge on any atom is -0.327 e. The Bertz CT molecular complexity index is 549. The van der Waals surface area contributed by atoms with Gasteiger partial charge >= 0.3 is 0 Å². The van der Waals surface area contributed by atoms with Gasteiger partial charge in [0.05, 0.1) is 12.4 Å². The van der Waals surface area contributed by atoms with Gasteiger partial charge in [-0.15, -0.1) is 0 Å². The van der Waals surface area contributed by atoms with E-state index in [4.69, 9.17) is 11.6 Å². The average molecular weight is 305 g/mol. The van der Waals surface area contributed by atoms with Crippen molar-refractivity contribution in [2.24, 2.45) is 0 Å². The first-order valence-electron chi connectivity index (χ1n) is 7.49. The molecule has 2 aromatic rings. The summed E-state index contributed by atoms with van der Waals surface area (Å²) in [6.45, 7) is 2.19. The van der Waals surface area contributed by atoms with Crippen molar-refractivity contribution in [1.29, 1.82) is 0 Å². The standard InChI is InChI=1S/C17H21ClN2O/c1-2-3-4-5-6-16(20-12-11-19-13-20)17(21)14-7-9-15(18)10-8-14/h7-13,16H,2-6H2,1H3. The van der Waals surface area contributed by atoms with Gasteiger partial charge in [-0.2, -0.15) is 0 Å². The maximum atomic E-state index is 12.7. The molecule has 2 rings (SSSR count). The molecule has 1 heterocycles. The number of nitrogens with zero attached hydrogens (tertiary/aromatic N) is 2. The van der Waals surface area contributed by atoms with E-state index in [9.17, 15) is 4.79 Å². The summed E-state index contributed by atoms with van der Waals surface area (Å²) in [5.74, 6) is 0.126. The number of benzene rings is 1. The van der Waals surface area contributed by atoms with E-state index in [1.807, 2.05) is 10.8 Å². The Morgan fingerprint density at radius 1 is 1.24 bits per heavy atom. The maximum absolute atomic E-state index is 12.7. The van der Waals surface area contributed by atoms with Gasteiger partial charge in [0.25, 0.3) is 0 Å². The number of hydrogen-bond donors (Lipinski definition) is 0. The summed E-state index contributed by atoms with van der Waals surface area (Å²) >= 11 is 5.89. The molecule has 0 N–H and O–H groups in total. The first kappa shape index (κ1) is 15.8. The Morgan fingerprint density at radius 2 is 2.00 bits per heavy atom. The van der Waals surface area contributed by atoms with Crippen LogP contribution in [-0.4, -0.2) is 15.3 Å². The molecule has 1 unspecified atom stereocenters. The van der Waals surface area contributed by atoms with Crippen molar-refractivity contribution >= 4 is 17.4 Å². The molecule has 0 radical (unpaired) electrons. The minimum atomic E-state index is -0.175. The SMILES string of the molecule is CCCCCCC(C(=O)c1ccc(Cl)cc1)n1ccnc1. The highest BCUT2D eigenvalue weighted by Crippen LogP contribution is 2.22. The topological polar surface area (TPSA) is 34.9 Å². The highest BCUT2D eigenvalue weighted by atomic mass is 35.5. The van der Waals surface area contributed by atoms with E-state index in [1.165, 1.54) is 12.8 Å². The Labute approximate surface area is 131 Å². The van der Waals surface area contributed by atoms with Gasteiger partial charge in [0.2, 0.25) is 0 Å². The third-order valence-corrected chi connectivity index (χ3v) is 3.90. The number of Topliss-reactive ketones (excluding diaryl/α,β-unsaturated/α-hetero) is 1. The van der Waals surface area contributed by atoms with Crippen LogP contribution < -0.4 is 0 Å². The van der Waals surface area contributed by atoms with Gasteiger partial charge in [-0.25, -0.2) is 4.98 Å². The fourth-order valence-electron chi connectivity index (χ4n) is 2.44. The number of imidazole rings is 1. The number of carbonyl (C=O) groups is 1. The summed E-state index contributed by atoms with van der Waals surface area (Å²) in [7, 11) is 0. The van der Waals surface area contributed by atoms with Crippen LogP contribution in [0.25, 0.3) is 0 Å². The number of aromatic nitrogens is 2. The van der Waals surface area contributed by atoms with Crippen LogP contribution in [-0.2, 0) is 0 Å². The molecule has 0 amide bonds. The third-order valence-electron chi connectivity index (χ3n) is 3.65. The third kappa shape index (κ3) is 4.43. The number of unbranched alkanes of at least 4 members (excludes halogenated alkanes) is 3. The van der Waals surface area contributed by atoms with Crippen LogP contribution in [0, 0.1) is 0 Å². The lowest BCUT2D eigenvalue weighted by molar-refractivity contribution is 0.0917. The maximum Gasteiger partial charge on any atom is 0.185 e. The molecule has 0 aliphatic heterocycles. The predicted octanol–water partition coefficient (Wildman–Crippen LogP) is 4.93. The molecule has 0 aliphatic carbocycles. The molecule has 0 bridgehead atoms. The first-order valence-corrected chi connectivity index (χ1v) is 7.87. The molecule has 0 fully saturated rings. The van der Waals surface area contributed by atoms with Crippen molar-refractivity contribution in [1.82, 2.24) is 9.55 Å². The van der Waals surface area contributed by atoms with Crippen molar-refractivity contribution in [3.05, 3.63) is 53.6 Å². The van der Waals surface area contributed by atoms with Crippen LogP contribution in [0.5, 0.6) is 0 Å². The lowest BCUT2D eigenvalue weighted by Gasteiger charge is -2.17. The van der Waals surface area contributed by atoms with Crippen LogP contribution in [0.1, 0.15) is 55.4 Å². The molecule has 1 aromatic carbocycles. The summed E-state index contributed by atoms with van der Waals surface area (Å²) < 4.78 is 1.91. The van der Waals surface area contributed by atoms with Gasteiger partial charge in [-0.3, -0.25) is 4.79 Å². The Hall–Kier alpha value is -1.61. The Kier molecular flexibility index (Phi) is 6.00. The van der Waals surface area contributed by atoms with E-state index in [0.29, 0.717) is 10.6 Å². The highest BCUT2D eigenvalue weighted by molar-refractivity contribution is 6.30. The first-order chi connectivity index (χ1) is 10.2. The molecule has 0 spiro atoms. The van der Waals surface area contributed by atoms with Crippen molar-refractivity contribution in [3.63, 3.8) is 0 Å². The predicted molar refractivity (Wildman–Crippen MR) is 85.8 cm³/mol. The van der Waals surface area contributed by atoms with E-state index in [2.05, 4.69) is 11.9 Å². The molecular weight excluding hydrogens is 284 g/mol.